The molecule has 0 heterocycles. The van der Waals surface area contributed by atoms with Crippen LogP contribution in [0.15, 0.2) is 36.9 Å². The molecule has 13 heteroatoms. The van der Waals surface area contributed by atoms with E-state index in [0.717, 1.165) is 6.42 Å². The molecule has 0 aromatic heterocycles. The lowest BCUT2D eigenvalue weighted by Gasteiger charge is -2.39. The molecule has 0 radical (unpaired) electrons. The molecular formula is C39H62N6O7. The molecule has 0 aliphatic rings. The molecule has 1 aromatic rings. The minimum absolute atomic E-state index is 0.103. The molecule has 0 aliphatic heterocycles. The summed E-state index contributed by atoms with van der Waals surface area (Å²) in [4.78, 5) is 95.1. The van der Waals surface area contributed by atoms with Crippen LogP contribution in [0.5, 0.6) is 0 Å². The second kappa shape index (κ2) is 21.1. The Morgan fingerprint density at radius 3 is 2.02 bits per heavy atom. The van der Waals surface area contributed by atoms with E-state index in [2.05, 4.69) is 27.8 Å². The highest BCUT2D eigenvalue weighted by atomic mass is 16.2. The summed E-state index contributed by atoms with van der Waals surface area (Å²) in [7, 11) is 1.59. The number of amides is 6. The fourth-order valence-corrected chi connectivity index (χ4v) is 5.63. The first-order chi connectivity index (χ1) is 24.3. The molecule has 1 rings (SSSR count). The Balaban J connectivity index is 3.32. The summed E-state index contributed by atoms with van der Waals surface area (Å²) in [5.41, 5.74) is -0.805. The number of hydrogen-bond donors (Lipinski definition) is 4. The number of benzene rings is 1. The fourth-order valence-electron chi connectivity index (χ4n) is 5.63. The van der Waals surface area contributed by atoms with Crippen molar-refractivity contribution < 1.29 is 33.6 Å². The van der Waals surface area contributed by atoms with E-state index in [9.17, 15) is 33.6 Å². The summed E-state index contributed by atoms with van der Waals surface area (Å²) in [6.07, 6.45) is 4.49. The van der Waals surface area contributed by atoms with Gasteiger partial charge in [0.1, 0.15) is 12.1 Å². The maximum absolute atomic E-state index is 14.3. The van der Waals surface area contributed by atoms with Gasteiger partial charge >= 0.3 is 6.03 Å². The molecule has 0 fully saturated rings. The van der Waals surface area contributed by atoms with Crippen molar-refractivity contribution >= 4 is 41.7 Å². The van der Waals surface area contributed by atoms with Gasteiger partial charge in [-0.15, -0.1) is 6.58 Å². The zero-order chi connectivity index (χ0) is 39.8. The van der Waals surface area contributed by atoms with Gasteiger partial charge in [-0.3, -0.25) is 28.8 Å². The third-order valence-electron chi connectivity index (χ3n) is 8.84. The molecule has 0 aliphatic carbocycles. The zero-order valence-electron chi connectivity index (χ0n) is 32.9. The Morgan fingerprint density at radius 1 is 0.865 bits per heavy atom. The van der Waals surface area contributed by atoms with Gasteiger partial charge in [0, 0.05) is 32.2 Å². The molecule has 13 nitrogen and oxygen atoms in total. The average Bonchev–Trinajstić information content (AvgIpc) is 3.08. The number of urea groups is 1. The molecule has 0 spiro atoms. The van der Waals surface area contributed by atoms with Gasteiger partial charge in [-0.2, -0.15) is 0 Å². The summed E-state index contributed by atoms with van der Waals surface area (Å²) < 4.78 is 0. The largest absolute Gasteiger partial charge is 0.346 e. The fraction of sp³-hybridized carbons (Fsp3) is 0.615. The molecule has 290 valence electrons. The molecule has 0 saturated carbocycles. The molecule has 0 bridgehead atoms. The van der Waals surface area contributed by atoms with E-state index in [0.29, 0.717) is 19.1 Å². The van der Waals surface area contributed by atoms with E-state index in [-0.39, 0.29) is 49.5 Å². The standard InChI is InChI=1S/C39H62N6O7/c1-12-16-22-28(31(47)34(49)40-23-14-3)41-33(48)29(19-13-2)45(15-4)36(51)32(39(8,9)10)43-37(52)42-30(38(5,6)7)24-44(11)35(50)27-21-18-17-20-26(27)25-46/h14,17-18,20-21,25,28-30,32H,3,12-13,15-16,19,22-24H2,1-2,4-11H3,(H,40,49)(H,41,48)(H2,42,43,52). The second-order valence-electron chi connectivity index (χ2n) is 15.2. The van der Waals surface area contributed by atoms with Crippen LogP contribution in [0.4, 0.5) is 4.79 Å². The molecule has 4 N–H and O–H groups in total. The summed E-state index contributed by atoms with van der Waals surface area (Å²) in [5, 5.41) is 11.0. The molecule has 6 amide bonds. The minimum atomic E-state index is -1.07. The number of rotatable bonds is 20. The predicted octanol–water partition coefficient (Wildman–Crippen LogP) is 4.26. The van der Waals surface area contributed by atoms with Gasteiger partial charge < -0.3 is 31.1 Å². The lowest BCUT2D eigenvalue weighted by atomic mass is 9.85. The molecule has 4 atom stereocenters. The van der Waals surface area contributed by atoms with Crippen molar-refractivity contribution in [3.8, 4) is 0 Å². The Morgan fingerprint density at radius 2 is 1.50 bits per heavy atom. The zero-order valence-corrected chi connectivity index (χ0v) is 32.9. The first kappa shape index (κ1) is 45.5. The van der Waals surface area contributed by atoms with Crippen LogP contribution >= 0.6 is 0 Å². The van der Waals surface area contributed by atoms with Crippen molar-refractivity contribution in [1.82, 2.24) is 31.1 Å². The number of nitrogens with zero attached hydrogens (tertiary/aromatic N) is 2. The number of likely N-dealkylation sites (N-methyl/N-ethyl adjacent to an activating group) is 2. The van der Waals surface area contributed by atoms with E-state index in [1.165, 1.54) is 15.9 Å². The van der Waals surface area contributed by atoms with Gasteiger partial charge in [0.15, 0.2) is 6.29 Å². The van der Waals surface area contributed by atoms with Crippen molar-refractivity contribution in [3.05, 3.63) is 48.0 Å². The van der Waals surface area contributed by atoms with Crippen LogP contribution < -0.4 is 21.3 Å². The van der Waals surface area contributed by atoms with Crippen LogP contribution in [0.1, 0.15) is 115 Å². The normalized spacial score (nSPS) is 13.7. The quantitative estimate of drug-likeness (QED) is 0.0883. The molecule has 52 heavy (non-hydrogen) atoms. The van der Waals surface area contributed by atoms with Crippen molar-refractivity contribution in [3.63, 3.8) is 0 Å². The molecular weight excluding hydrogens is 664 g/mol. The van der Waals surface area contributed by atoms with Gasteiger partial charge in [0.05, 0.1) is 17.6 Å². The summed E-state index contributed by atoms with van der Waals surface area (Å²) in [6, 6.07) is 2.17. The van der Waals surface area contributed by atoms with Gasteiger partial charge in [-0.1, -0.05) is 98.9 Å². The second-order valence-corrected chi connectivity index (χ2v) is 15.2. The van der Waals surface area contributed by atoms with Crippen molar-refractivity contribution in [2.24, 2.45) is 10.8 Å². The van der Waals surface area contributed by atoms with Crippen molar-refractivity contribution in [2.75, 3.05) is 26.7 Å². The Labute approximate surface area is 310 Å². The van der Waals surface area contributed by atoms with E-state index >= 15 is 0 Å². The number of aldehydes is 1. The number of unbranched alkanes of at least 4 members (excludes halogenated alkanes) is 1. The first-order valence-corrected chi connectivity index (χ1v) is 18.2. The lowest BCUT2D eigenvalue weighted by Crippen LogP contribution is -2.62. The van der Waals surface area contributed by atoms with Crippen molar-refractivity contribution in [1.29, 1.82) is 0 Å². The van der Waals surface area contributed by atoms with Crippen LogP contribution in [0.3, 0.4) is 0 Å². The van der Waals surface area contributed by atoms with Crippen LogP contribution in [0, 0.1) is 10.8 Å². The topological polar surface area (TPSA) is 174 Å². The van der Waals surface area contributed by atoms with Gasteiger partial charge in [0.25, 0.3) is 11.8 Å². The Bertz CT molecular complexity index is 1410. The van der Waals surface area contributed by atoms with Crippen LogP contribution in [-0.4, -0.2) is 102 Å². The van der Waals surface area contributed by atoms with E-state index in [1.807, 2.05) is 34.6 Å². The molecule has 1 aromatic carbocycles. The maximum Gasteiger partial charge on any atom is 0.315 e. The van der Waals surface area contributed by atoms with Gasteiger partial charge in [-0.05, 0) is 36.7 Å². The van der Waals surface area contributed by atoms with E-state index < -0.39 is 64.5 Å². The van der Waals surface area contributed by atoms with Gasteiger partial charge in [-0.25, -0.2) is 4.79 Å². The smallest absolute Gasteiger partial charge is 0.315 e. The van der Waals surface area contributed by atoms with E-state index in [1.54, 1.807) is 59.0 Å². The van der Waals surface area contributed by atoms with E-state index in [4.69, 9.17) is 0 Å². The first-order valence-electron chi connectivity index (χ1n) is 18.2. The lowest BCUT2D eigenvalue weighted by molar-refractivity contribution is -0.145. The Kier molecular flexibility index (Phi) is 18.4. The molecule has 0 saturated heterocycles. The highest BCUT2D eigenvalue weighted by Gasteiger charge is 2.41. The number of nitrogens with one attached hydrogen (secondary N) is 4. The van der Waals surface area contributed by atoms with Crippen molar-refractivity contribution in [2.45, 2.75) is 119 Å². The maximum atomic E-state index is 14.3. The summed E-state index contributed by atoms with van der Waals surface area (Å²) in [6.45, 7) is 20.6. The number of ketones is 1. The van der Waals surface area contributed by atoms with Crippen LogP contribution in [0.2, 0.25) is 0 Å². The van der Waals surface area contributed by atoms with Crippen LogP contribution in [-0.2, 0) is 19.2 Å². The van der Waals surface area contributed by atoms with Gasteiger partial charge in [0.2, 0.25) is 17.6 Å². The Hall–Kier alpha value is -4.55. The minimum Gasteiger partial charge on any atom is -0.346 e. The summed E-state index contributed by atoms with van der Waals surface area (Å²) in [5.74, 6) is -3.01. The number of hydrogen-bond acceptors (Lipinski definition) is 7. The third-order valence-corrected chi connectivity index (χ3v) is 8.84. The number of carbonyl (C=O) groups excluding carboxylic acids is 7. The number of Topliss-reactive ketones (excluding diaryl/α,β-unsaturated/α-hetero) is 1. The summed E-state index contributed by atoms with van der Waals surface area (Å²) >= 11 is 0. The third kappa shape index (κ3) is 13.5. The average molecular weight is 727 g/mol. The molecule has 4 unspecified atom stereocenters. The highest BCUT2D eigenvalue weighted by Crippen LogP contribution is 2.25. The monoisotopic (exact) mass is 726 g/mol. The number of carbonyl (C=O) groups is 7. The SMILES string of the molecule is C=CCNC(=O)C(=O)C(CCCC)NC(=O)C(CCC)N(CC)C(=O)C(NC(=O)NC(CN(C)C(=O)c1ccccc1C=O)C(C)(C)C)C(C)(C)C. The van der Waals surface area contributed by atoms with Crippen LogP contribution in [0.25, 0.3) is 0 Å². The predicted molar refractivity (Wildman–Crippen MR) is 203 cm³/mol. The highest BCUT2D eigenvalue weighted by molar-refractivity contribution is 6.38.